The largest absolute Gasteiger partial charge is 0.175 e. The molecule has 0 aromatic heterocycles. The Hall–Kier alpha value is 1.45. The Kier molecular flexibility index (Phi) is 2.13. The van der Waals surface area contributed by atoms with E-state index in [9.17, 15) is 0 Å². The molecule has 0 heterocycles. The van der Waals surface area contributed by atoms with Crippen molar-refractivity contribution in [1.82, 2.24) is 0 Å². The fraction of sp³-hybridized carbons (Fsp3) is 0.800. The van der Waals surface area contributed by atoms with Gasteiger partial charge in [-0.1, -0.05) is 53.3 Å². The lowest BCUT2D eigenvalue weighted by Crippen LogP contribution is -2.08. The first-order valence-electron chi connectivity index (χ1n) is 2.56. The normalized spacial score (nSPS) is 31.8. The Morgan fingerprint density at radius 2 is 1.20 bits per heavy atom. The van der Waals surface area contributed by atoms with Crippen LogP contribution in [0.15, 0.2) is 0 Å². The SMILES string of the molecule is C[CH]C1(Cl)C(Cl)(Cl)C1(Cl)Cl. The number of hydrogen-bond donors (Lipinski definition) is 0. The van der Waals surface area contributed by atoms with Crippen molar-refractivity contribution in [1.29, 1.82) is 0 Å². The molecule has 0 aliphatic heterocycles. The van der Waals surface area contributed by atoms with E-state index in [4.69, 9.17) is 58.0 Å². The summed E-state index contributed by atoms with van der Waals surface area (Å²) in [6, 6.07) is 0. The molecule has 1 rings (SSSR count). The van der Waals surface area contributed by atoms with Crippen LogP contribution in [-0.4, -0.2) is 13.5 Å². The van der Waals surface area contributed by atoms with Crippen molar-refractivity contribution < 1.29 is 0 Å². The molecule has 0 aromatic carbocycles. The molecule has 1 aliphatic carbocycles. The minimum absolute atomic E-state index is 1.01. The molecule has 0 bridgehead atoms. The molecular weight excluding hydrogens is 237 g/mol. The lowest BCUT2D eigenvalue weighted by molar-refractivity contribution is 1.01. The molecule has 0 aromatic rings. The van der Waals surface area contributed by atoms with E-state index in [0.717, 1.165) is 0 Å². The van der Waals surface area contributed by atoms with Crippen LogP contribution in [0.25, 0.3) is 0 Å². The Labute approximate surface area is 84.7 Å². The highest BCUT2D eigenvalue weighted by atomic mass is 35.5. The van der Waals surface area contributed by atoms with Crippen LogP contribution < -0.4 is 0 Å². The van der Waals surface area contributed by atoms with Gasteiger partial charge < -0.3 is 0 Å². The smallest absolute Gasteiger partial charge is 0.112 e. The Balaban J connectivity index is 2.90. The zero-order valence-corrected chi connectivity index (χ0v) is 8.75. The molecule has 1 aliphatic rings. The summed E-state index contributed by atoms with van der Waals surface area (Å²) in [5, 5.41) is 0. The Bertz CT molecular complexity index is 147. The molecule has 0 N–H and O–H groups in total. The fourth-order valence-corrected chi connectivity index (χ4v) is 2.80. The summed E-state index contributed by atoms with van der Waals surface area (Å²) < 4.78 is -2.53. The second-order valence-corrected chi connectivity index (χ2v) is 5.40. The Morgan fingerprint density at radius 1 is 0.900 bits per heavy atom. The van der Waals surface area contributed by atoms with Crippen molar-refractivity contribution in [2.75, 3.05) is 0 Å². The molecule has 1 fully saturated rings. The van der Waals surface area contributed by atoms with E-state index in [1.54, 1.807) is 13.3 Å². The van der Waals surface area contributed by atoms with E-state index in [1.165, 1.54) is 0 Å². The predicted molar refractivity (Wildman–Crippen MR) is 47.4 cm³/mol. The van der Waals surface area contributed by atoms with Crippen molar-refractivity contribution in [2.24, 2.45) is 0 Å². The van der Waals surface area contributed by atoms with Gasteiger partial charge in [0.1, 0.15) is 4.87 Å². The van der Waals surface area contributed by atoms with Crippen molar-refractivity contribution in [2.45, 2.75) is 20.5 Å². The fourth-order valence-electron chi connectivity index (χ4n) is 0.769. The zero-order chi connectivity index (χ0) is 8.21. The van der Waals surface area contributed by atoms with E-state index >= 15 is 0 Å². The van der Waals surface area contributed by atoms with Crippen LogP contribution in [0.4, 0.5) is 0 Å². The average Bonchev–Trinajstić information content (AvgIpc) is 2.11. The molecule has 59 valence electrons. The summed E-state index contributed by atoms with van der Waals surface area (Å²) >= 11 is 28.5. The molecule has 0 unspecified atom stereocenters. The van der Waals surface area contributed by atoms with Gasteiger partial charge in [-0.05, 0) is 6.42 Å². The molecular formula is C5H4Cl5. The third kappa shape index (κ3) is 0.778. The van der Waals surface area contributed by atoms with E-state index in [2.05, 4.69) is 0 Å². The van der Waals surface area contributed by atoms with Gasteiger partial charge in [0, 0.05) is 0 Å². The third-order valence-electron chi connectivity index (χ3n) is 1.64. The summed E-state index contributed by atoms with van der Waals surface area (Å²) in [6.07, 6.45) is 1.59. The number of rotatable bonds is 1. The molecule has 0 atom stereocenters. The van der Waals surface area contributed by atoms with E-state index in [-0.39, 0.29) is 0 Å². The van der Waals surface area contributed by atoms with Crippen molar-refractivity contribution >= 4 is 58.0 Å². The molecule has 1 saturated carbocycles. The van der Waals surface area contributed by atoms with Crippen molar-refractivity contribution in [3.05, 3.63) is 6.42 Å². The standard InChI is InChI=1S/C5H4Cl5/c1-2-3(6)4(7,8)5(3,9)10/h2H,1H3. The molecule has 5 heteroatoms. The number of halogens is 5. The molecule has 0 saturated heterocycles. The van der Waals surface area contributed by atoms with Crippen LogP contribution in [0.3, 0.4) is 0 Å². The van der Waals surface area contributed by atoms with Gasteiger partial charge in [0.2, 0.25) is 0 Å². The van der Waals surface area contributed by atoms with E-state index < -0.39 is 13.5 Å². The molecule has 10 heavy (non-hydrogen) atoms. The summed E-state index contributed by atoms with van der Waals surface area (Å²) in [7, 11) is 0. The summed E-state index contributed by atoms with van der Waals surface area (Å²) in [6.45, 7) is 1.71. The van der Waals surface area contributed by atoms with Crippen LogP contribution >= 0.6 is 58.0 Å². The predicted octanol–water partition coefficient (Wildman–Crippen LogP) is 3.55. The quantitative estimate of drug-likeness (QED) is 0.616. The second-order valence-electron chi connectivity index (χ2n) is 2.15. The van der Waals surface area contributed by atoms with Crippen LogP contribution in [-0.2, 0) is 0 Å². The Morgan fingerprint density at radius 3 is 1.20 bits per heavy atom. The first kappa shape index (κ1) is 9.54. The molecule has 0 nitrogen and oxygen atoms in total. The van der Waals surface area contributed by atoms with Gasteiger partial charge in [-0.2, -0.15) is 0 Å². The zero-order valence-electron chi connectivity index (χ0n) is 4.97. The van der Waals surface area contributed by atoms with Gasteiger partial charge in [0.05, 0.1) is 0 Å². The second kappa shape index (κ2) is 2.23. The maximum atomic E-state index is 5.83. The van der Waals surface area contributed by atoms with Crippen LogP contribution in [0.1, 0.15) is 6.92 Å². The van der Waals surface area contributed by atoms with Gasteiger partial charge in [-0.3, -0.25) is 0 Å². The lowest BCUT2D eigenvalue weighted by atomic mass is 10.3. The maximum absolute atomic E-state index is 5.83. The van der Waals surface area contributed by atoms with Crippen molar-refractivity contribution in [3.8, 4) is 0 Å². The van der Waals surface area contributed by atoms with Gasteiger partial charge in [0.25, 0.3) is 0 Å². The van der Waals surface area contributed by atoms with Crippen LogP contribution in [0, 0.1) is 6.42 Å². The first-order chi connectivity index (χ1) is 4.31. The van der Waals surface area contributed by atoms with Gasteiger partial charge in [0.15, 0.2) is 8.67 Å². The van der Waals surface area contributed by atoms with Gasteiger partial charge >= 0.3 is 0 Å². The van der Waals surface area contributed by atoms with E-state index in [1.807, 2.05) is 0 Å². The van der Waals surface area contributed by atoms with Crippen LogP contribution in [0.5, 0.6) is 0 Å². The molecule has 0 amide bonds. The highest BCUT2D eigenvalue weighted by Gasteiger charge is 2.86. The highest BCUT2D eigenvalue weighted by molar-refractivity contribution is 6.75. The number of hydrogen-bond acceptors (Lipinski definition) is 0. The summed E-state index contributed by atoms with van der Waals surface area (Å²) in [5.74, 6) is 0. The minimum Gasteiger partial charge on any atom is -0.112 e. The van der Waals surface area contributed by atoms with Crippen molar-refractivity contribution in [3.63, 3.8) is 0 Å². The lowest BCUT2D eigenvalue weighted by Gasteiger charge is -2.01. The molecule has 1 radical (unpaired) electrons. The summed E-state index contributed by atoms with van der Waals surface area (Å²) in [5.41, 5.74) is 0. The van der Waals surface area contributed by atoms with Gasteiger partial charge in [-0.25, -0.2) is 0 Å². The maximum Gasteiger partial charge on any atom is 0.175 e. The average molecular weight is 241 g/mol. The number of alkyl halides is 5. The molecule has 0 spiro atoms. The van der Waals surface area contributed by atoms with Gasteiger partial charge in [-0.15, -0.1) is 11.6 Å². The topological polar surface area (TPSA) is 0 Å². The van der Waals surface area contributed by atoms with Crippen LogP contribution in [0.2, 0.25) is 0 Å². The highest BCUT2D eigenvalue weighted by Crippen LogP contribution is 2.75. The summed E-state index contributed by atoms with van der Waals surface area (Å²) in [4.78, 5) is -1.01. The minimum atomic E-state index is -1.26. The monoisotopic (exact) mass is 239 g/mol. The van der Waals surface area contributed by atoms with E-state index in [0.29, 0.717) is 0 Å². The first-order valence-corrected chi connectivity index (χ1v) is 4.45. The third-order valence-corrected chi connectivity index (χ3v) is 5.53.